The summed E-state index contributed by atoms with van der Waals surface area (Å²) in [5.41, 5.74) is 1.10. The lowest BCUT2D eigenvalue weighted by Gasteiger charge is -2.00. The third-order valence-electron chi connectivity index (χ3n) is 4.15. The lowest BCUT2D eigenvalue weighted by atomic mass is 10.0. The summed E-state index contributed by atoms with van der Waals surface area (Å²) in [7, 11) is 0. The van der Waals surface area contributed by atoms with E-state index in [-0.39, 0.29) is 49.5 Å². The second-order valence-electron chi connectivity index (χ2n) is 6.95. The molecule has 0 saturated carbocycles. The third kappa shape index (κ3) is 12.0. The number of carboxylic acids is 1. The minimum absolute atomic E-state index is 0.0664. The van der Waals surface area contributed by atoms with E-state index < -0.39 is 17.9 Å². The van der Waals surface area contributed by atoms with Gasteiger partial charge in [0.2, 0.25) is 0 Å². The Labute approximate surface area is 205 Å². The van der Waals surface area contributed by atoms with Gasteiger partial charge in [-0.25, -0.2) is 0 Å². The highest BCUT2D eigenvalue weighted by atomic mass is 35.5. The van der Waals surface area contributed by atoms with Crippen LogP contribution in [-0.2, 0) is 23.9 Å². The Kier molecular flexibility index (Phi) is 12.4. The number of esters is 2. The van der Waals surface area contributed by atoms with Gasteiger partial charge in [0.25, 0.3) is 0 Å². The van der Waals surface area contributed by atoms with Gasteiger partial charge in [-0.1, -0.05) is 23.2 Å². The number of hydrogen-bond donors (Lipinski definition) is 1. The van der Waals surface area contributed by atoms with Gasteiger partial charge in [0.1, 0.15) is 5.78 Å². The largest absolute Gasteiger partial charge is 0.481 e. The highest BCUT2D eigenvalue weighted by molar-refractivity contribution is 6.31. The number of rotatable bonds is 7. The second kappa shape index (κ2) is 14.7. The van der Waals surface area contributed by atoms with Crippen molar-refractivity contribution in [3.05, 3.63) is 69.7 Å². The minimum atomic E-state index is -1.04. The lowest BCUT2D eigenvalue weighted by Crippen LogP contribution is -2.09. The van der Waals surface area contributed by atoms with Crippen molar-refractivity contribution in [2.45, 2.75) is 39.0 Å². The minimum Gasteiger partial charge on any atom is -0.481 e. The molecule has 1 fully saturated rings. The molecule has 1 heterocycles. The average molecular weight is 509 g/mol. The molecule has 180 valence electrons. The molecule has 1 N–H and O–H groups in total. The number of hydrogen-bond acceptors (Lipinski definition) is 7. The van der Waals surface area contributed by atoms with Gasteiger partial charge in [0.15, 0.2) is 11.6 Å². The number of cyclic esters (lactones) is 2. The predicted molar refractivity (Wildman–Crippen MR) is 124 cm³/mol. The number of aliphatic carboxylic acids is 1. The molecule has 3 rings (SSSR count). The summed E-state index contributed by atoms with van der Waals surface area (Å²) in [5, 5.41) is 9.56. The van der Waals surface area contributed by atoms with Crippen LogP contribution in [0.5, 0.6) is 0 Å². The lowest BCUT2D eigenvalue weighted by molar-refractivity contribution is -0.152. The molecular formula is C24H22Cl2O8. The molecule has 0 unspecified atom stereocenters. The first-order valence-electron chi connectivity index (χ1n) is 10.00. The Morgan fingerprint density at radius 3 is 1.59 bits per heavy atom. The van der Waals surface area contributed by atoms with E-state index in [1.165, 1.54) is 19.1 Å². The molecule has 10 heteroatoms. The van der Waals surface area contributed by atoms with Gasteiger partial charge < -0.3 is 9.84 Å². The standard InChI is InChI=1S/C12H11ClO4.C8H7ClO.C4H4O3/c13-9-3-1-8(2-4-9)11(15)7-10(14)5-6-12(16)17;1-6(10)7-2-4-8(9)5-3-7;5-3-1-2-4(6)7-3/h1-4H,5-7H2,(H,16,17);2-5H,1H3;1-2H2. The fraction of sp³-hybridized carbons (Fsp3) is 0.250. The van der Waals surface area contributed by atoms with Crippen LogP contribution in [-0.4, -0.2) is 40.4 Å². The van der Waals surface area contributed by atoms with Crippen molar-refractivity contribution in [2.75, 3.05) is 0 Å². The van der Waals surface area contributed by atoms with Crippen molar-refractivity contribution in [1.82, 2.24) is 0 Å². The molecule has 1 saturated heterocycles. The Bertz CT molecular complexity index is 1030. The SMILES string of the molecule is CC(=O)c1ccc(Cl)cc1.O=C(O)CCC(=O)CC(=O)c1ccc(Cl)cc1.O=C1CCC(=O)O1. The fourth-order valence-corrected chi connectivity index (χ4v) is 2.62. The van der Waals surface area contributed by atoms with Crippen LogP contribution in [0.1, 0.15) is 59.7 Å². The number of halogens is 2. The first-order valence-corrected chi connectivity index (χ1v) is 10.8. The maximum Gasteiger partial charge on any atom is 0.314 e. The Hall–Kier alpha value is -3.36. The van der Waals surface area contributed by atoms with Gasteiger partial charge in [-0.2, -0.15) is 0 Å². The zero-order valence-electron chi connectivity index (χ0n) is 18.2. The quantitative estimate of drug-likeness (QED) is 0.322. The first kappa shape index (κ1) is 28.7. The summed E-state index contributed by atoms with van der Waals surface area (Å²) in [4.78, 5) is 63.9. The molecule has 0 radical (unpaired) electrons. The molecule has 1 aliphatic heterocycles. The Morgan fingerprint density at radius 2 is 1.24 bits per heavy atom. The summed E-state index contributed by atoms with van der Waals surface area (Å²) >= 11 is 11.3. The summed E-state index contributed by atoms with van der Waals surface area (Å²) in [6.07, 6.45) is -0.103. The molecule has 0 atom stereocenters. The molecule has 0 spiro atoms. The molecular weight excluding hydrogens is 487 g/mol. The zero-order chi connectivity index (χ0) is 25.7. The van der Waals surface area contributed by atoms with Gasteiger partial charge in [0, 0.05) is 27.6 Å². The number of carbonyl (C=O) groups is 6. The maximum absolute atomic E-state index is 11.6. The number of ketones is 3. The monoisotopic (exact) mass is 508 g/mol. The topological polar surface area (TPSA) is 132 Å². The van der Waals surface area contributed by atoms with Crippen molar-refractivity contribution in [3.63, 3.8) is 0 Å². The smallest absolute Gasteiger partial charge is 0.314 e. The van der Waals surface area contributed by atoms with Crippen molar-refractivity contribution < 1.29 is 38.6 Å². The van der Waals surface area contributed by atoms with Crippen LogP contribution in [0.15, 0.2) is 48.5 Å². The van der Waals surface area contributed by atoms with E-state index in [0.717, 1.165) is 0 Å². The van der Waals surface area contributed by atoms with Gasteiger partial charge in [0.05, 0.1) is 25.7 Å². The molecule has 0 bridgehead atoms. The predicted octanol–water partition coefficient (Wildman–Crippen LogP) is 4.74. The van der Waals surface area contributed by atoms with E-state index in [1.807, 2.05) is 0 Å². The molecule has 8 nitrogen and oxygen atoms in total. The highest BCUT2D eigenvalue weighted by Crippen LogP contribution is 2.12. The van der Waals surface area contributed by atoms with E-state index >= 15 is 0 Å². The normalized spacial score (nSPS) is 11.9. The highest BCUT2D eigenvalue weighted by Gasteiger charge is 2.19. The van der Waals surface area contributed by atoms with Gasteiger partial charge >= 0.3 is 17.9 Å². The van der Waals surface area contributed by atoms with E-state index in [1.54, 1.807) is 36.4 Å². The second-order valence-corrected chi connectivity index (χ2v) is 7.82. The number of carbonyl (C=O) groups excluding carboxylic acids is 5. The van der Waals surface area contributed by atoms with E-state index in [0.29, 0.717) is 21.2 Å². The maximum atomic E-state index is 11.6. The van der Waals surface area contributed by atoms with Gasteiger partial charge in [-0.05, 0) is 55.5 Å². The van der Waals surface area contributed by atoms with Gasteiger partial charge in [-0.3, -0.25) is 28.8 Å². The number of carboxylic acid groups (broad SMARTS) is 1. The summed E-state index contributed by atoms with van der Waals surface area (Å²) < 4.78 is 4.08. The average Bonchev–Trinajstić information content (AvgIpc) is 3.16. The van der Waals surface area contributed by atoms with Crippen molar-refractivity contribution in [3.8, 4) is 0 Å². The Morgan fingerprint density at radius 1 is 0.794 bits per heavy atom. The fourth-order valence-electron chi connectivity index (χ4n) is 2.37. The molecule has 2 aromatic carbocycles. The molecule has 2 aromatic rings. The molecule has 0 aliphatic carbocycles. The Balaban J connectivity index is 0.000000285. The van der Waals surface area contributed by atoms with Crippen LogP contribution in [0.3, 0.4) is 0 Å². The van der Waals surface area contributed by atoms with Crippen LogP contribution >= 0.6 is 23.2 Å². The van der Waals surface area contributed by atoms with Crippen molar-refractivity contribution >= 4 is 58.5 Å². The first-order chi connectivity index (χ1) is 16.0. The molecule has 0 aromatic heterocycles. The third-order valence-corrected chi connectivity index (χ3v) is 4.66. The van der Waals surface area contributed by atoms with Crippen LogP contribution in [0.2, 0.25) is 10.0 Å². The molecule has 0 amide bonds. The van der Waals surface area contributed by atoms with E-state index in [4.69, 9.17) is 28.3 Å². The van der Waals surface area contributed by atoms with Crippen LogP contribution in [0.4, 0.5) is 0 Å². The van der Waals surface area contributed by atoms with E-state index in [9.17, 15) is 28.8 Å². The van der Waals surface area contributed by atoms with Crippen molar-refractivity contribution in [1.29, 1.82) is 0 Å². The number of Topliss-reactive ketones (excluding diaryl/α,β-unsaturated/α-hetero) is 3. The number of ether oxygens (including phenoxy) is 1. The van der Waals surface area contributed by atoms with Gasteiger partial charge in [-0.15, -0.1) is 0 Å². The van der Waals surface area contributed by atoms with Crippen molar-refractivity contribution in [2.24, 2.45) is 0 Å². The van der Waals surface area contributed by atoms with Crippen LogP contribution in [0, 0.1) is 0 Å². The molecule has 1 aliphatic rings. The summed E-state index contributed by atoms with van der Waals surface area (Å²) in [6, 6.07) is 13.0. The number of benzene rings is 2. The molecule has 34 heavy (non-hydrogen) atoms. The van der Waals surface area contributed by atoms with Crippen LogP contribution in [0.25, 0.3) is 0 Å². The van der Waals surface area contributed by atoms with E-state index in [2.05, 4.69) is 4.74 Å². The van der Waals surface area contributed by atoms with Crippen LogP contribution < -0.4 is 0 Å². The summed E-state index contributed by atoms with van der Waals surface area (Å²) in [6.45, 7) is 1.53. The summed E-state index contributed by atoms with van der Waals surface area (Å²) in [5.74, 6) is -2.46. The zero-order valence-corrected chi connectivity index (χ0v) is 19.7.